The molecular formula is C17H10Br3N3O. The van der Waals surface area contributed by atoms with E-state index < -0.39 is 0 Å². The minimum absolute atomic E-state index is 0.0713. The van der Waals surface area contributed by atoms with Crippen molar-refractivity contribution >= 4 is 70.5 Å². The summed E-state index contributed by atoms with van der Waals surface area (Å²) in [6, 6.07) is 9.76. The van der Waals surface area contributed by atoms with Gasteiger partial charge in [0.15, 0.2) is 0 Å². The van der Waals surface area contributed by atoms with E-state index in [1.807, 2.05) is 25.1 Å². The molecule has 2 aromatic carbocycles. The predicted molar refractivity (Wildman–Crippen MR) is 106 cm³/mol. The Kier molecular flexibility index (Phi) is 4.81. The molecule has 0 bridgehead atoms. The van der Waals surface area contributed by atoms with Crippen LogP contribution in [-0.4, -0.2) is 15.1 Å². The number of aromatic amines is 1. The molecule has 0 amide bonds. The second kappa shape index (κ2) is 6.71. The number of imidazole rings is 1. The van der Waals surface area contributed by atoms with E-state index in [9.17, 15) is 10.4 Å². The quantitative estimate of drug-likeness (QED) is 0.419. The summed E-state index contributed by atoms with van der Waals surface area (Å²) in [7, 11) is 0. The minimum atomic E-state index is 0.0713. The predicted octanol–water partition coefficient (Wildman–Crippen LogP) is 5.93. The highest BCUT2D eigenvalue weighted by atomic mass is 79.9. The summed E-state index contributed by atoms with van der Waals surface area (Å²) in [5.74, 6) is 0.557. The number of nitrogens with one attached hydrogen (secondary N) is 1. The van der Waals surface area contributed by atoms with Gasteiger partial charge in [0, 0.05) is 10.0 Å². The number of fused-ring (bicyclic) bond motifs is 1. The molecule has 0 radical (unpaired) electrons. The normalized spacial score (nSPS) is 11.7. The van der Waals surface area contributed by atoms with E-state index in [2.05, 4.69) is 63.8 Å². The number of aromatic hydroxyl groups is 1. The number of nitrogens with zero attached hydrogens (tertiary/aromatic N) is 2. The highest BCUT2D eigenvalue weighted by molar-refractivity contribution is 9.11. The number of hydrogen-bond donors (Lipinski definition) is 2. The first-order valence-corrected chi connectivity index (χ1v) is 9.23. The Morgan fingerprint density at radius 2 is 2.00 bits per heavy atom. The van der Waals surface area contributed by atoms with Gasteiger partial charge in [0.2, 0.25) is 0 Å². The zero-order chi connectivity index (χ0) is 17.4. The molecule has 0 aliphatic carbocycles. The number of phenols is 1. The first-order valence-electron chi connectivity index (χ1n) is 6.85. The molecule has 4 nitrogen and oxygen atoms in total. The second-order valence-electron chi connectivity index (χ2n) is 5.19. The van der Waals surface area contributed by atoms with Gasteiger partial charge in [-0.1, -0.05) is 22.0 Å². The zero-order valence-electron chi connectivity index (χ0n) is 12.4. The topological polar surface area (TPSA) is 72.7 Å². The molecular weight excluding hydrogens is 502 g/mol. The van der Waals surface area contributed by atoms with Gasteiger partial charge in [0.25, 0.3) is 0 Å². The number of halogens is 3. The van der Waals surface area contributed by atoms with Crippen molar-refractivity contribution in [3.63, 3.8) is 0 Å². The van der Waals surface area contributed by atoms with Crippen molar-refractivity contribution in [2.75, 3.05) is 0 Å². The molecule has 0 atom stereocenters. The van der Waals surface area contributed by atoms with Gasteiger partial charge in [0.1, 0.15) is 17.6 Å². The SMILES string of the molecule is Cc1ccc2nc(/C(C#N)=C\c3c(Br)cc(Br)c(O)c3Br)[nH]c2c1. The zero-order valence-corrected chi connectivity index (χ0v) is 17.1. The van der Waals surface area contributed by atoms with E-state index in [1.165, 1.54) is 0 Å². The Bertz CT molecular complexity index is 1030. The van der Waals surface area contributed by atoms with Crippen molar-refractivity contribution in [2.45, 2.75) is 6.92 Å². The smallest absolute Gasteiger partial charge is 0.149 e. The summed E-state index contributed by atoms with van der Waals surface area (Å²) in [6.45, 7) is 2.00. The van der Waals surface area contributed by atoms with Crippen molar-refractivity contribution in [1.29, 1.82) is 5.26 Å². The van der Waals surface area contributed by atoms with Crippen LogP contribution in [-0.2, 0) is 0 Å². The van der Waals surface area contributed by atoms with Gasteiger partial charge in [-0.15, -0.1) is 0 Å². The maximum Gasteiger partial charge on any atom is 0.149 e. The number of phenolic OH excluding ortho intramolecular Hbond substituents is 1. The number of rotatable bonds is 2. The standard InChI is InChI=1S/C17H10Br3N3O/c1-8-2-3-13-14(4-8)23-17(22-13)9(7-21)5-10-11(18)6-12(19)16(24)15(10)20/h2-6,24H,1H3,(H,22,23)/b9-5-. The number of H-pyrrole nitrogens is 1. The van der Waals surface area contributed by atoms with Gasteiger partial charge in [-0.05, 0) is 68.6 Å². The number of allylic oxidation sites excluding steroid dienone is 1. The molecule has 0 saturated heterocycles. The van der Waals surface area contributed by atoms with Crippen LogP contribution < -0.4 is 0 Å². The lowest BCUT2D eigenvalue weighted by molar-refractivity contribution is 0.468. The summed E-state index contributed by atoms with van der Waals surface area (Å²) < 4.78 is 1.78. The van der Waals surface area contributed by atoms with Gasteiger partial charge in [-0.3, -0.25) is 0 Å². The fourth-order valence-corrected chi connectivity index (χ4v) is 4.63. The van der Waals surface area contributed by atoms with Gasteiger partial charge >= 0.3 is 0 Å². The van der Waals surface area contributed by atoms with E-state index >= 15 is 0 Å². The number of hydrogen-bond acceptors (Lipinski definition) is 3. The lowest BCUT2D eigenvalue weighted by atomic mass is 10.1. The van der Waals surface area contributed by atoms with Crippen molar-refractivity contribution in [3.05, 3.63) is 54.6 Å². The second-order valence-corrected chi connectivity index (χ2v) is 7.69. The maximum atomic E-state index is 10.1. The summed E-state index contributed by atoms with van der Waals surface area (Å²) in [5.41, 5.74) is 3.82. The Morgan fingerprint density at radius 1 is 1.25 bits per heavy atom. The molecule has 0 fully saturated rings. The van der Waals surface area contributed by atoms with Crippen LogP contribution in [0.25, 0.3) is 22.7 Å². The van der Waals surface area contributed by atoms with Gasteiger partial charge in [-0.2, -0.15) is 5.26 Å². The van der Waals surface area contributed by atoms with Crippen LogP contribution in [0.1, 0.15) is 17.0 Å². The van der Waals surface area contributed by atoms with Crippen LogP contribution >= 0.6 is 47.8 Å². The third-order valence-corrected chi connectivity index (χ3v) is 5.55. The molecule has 1 heterocycles. The van der Waals surface area contributed by atoms with E-state index in [4.69, 9.17) is 0 Å². The monoisotopic (exact) mass is 509 g/mol. The fourth-order valence-electron chi connectivity index (χ4n) is 2.28. The van der Waals surface area contributed by atoms with E-state index in [0.29, 0.717) is 25.9 Å². The molecule has 1 aromatic heterocycles. The molecule has 2 N–H and O–H groups in total. The number of aryl methyl sites for hydroxylation is 1. The minimum Gasteiger partial charge on any atom is -0.506 e. The summed E-state index contributed by atoms with van der Waals surface area (Å²) in [6.07, 6.45) is 1.67. The number of aromatic nitrogens is 2. The molecule has 0 aliphatic heterocycles. The average Bonchev–Trinajstić information content (AvgIpc) is 2.95. The molecule has 0 unspecified atom stereocenters. The third-order valence-electron chi connectivity index (χ3n) is 3.48. The lowest BCUT2D eigenvalue weighted by Gasteiger charge is -2.07. The first kappa shape index (κ1) is 17.2. The van der Waals surface area contributed by atoms with Gasteiger partial charge < -0.3 is 10.1 Å². The third kappa shape index (κ3) is 3.14. The van der Waals surface area contributed by atoms with Gasteiger partial charge in [0.05, 0.1) is 25.6 Å². The molecule has 24 heavy (non-hydrogen) atoms. The summed E-state index contributed by atoms with van der Waals surface area (Å²) in [5, 5.41) is 19.6. The highest BCUT2D eigenvalue weighted by Gasteiger charge is 2.15. The van der Waals surface area contributed by atoms with Crippen LogP contribution in [0.4, 0.5) is 0 Å². The van der Waals surface area contributed by atoms with E-state index in [-0.39, 0.29) is 5.75 Å². The Balaban J connectivity index is 2.16. The Hall–Kier alpha value is -1.62. The van der Waals surface area contributed by atoms with Crippen LogP contribution in [0.2, 0.25) is 0 Å². The Morgan fingerprint density at radius 3 is 2.71 bits per heavy atom. The number of nitriles is 1. The molecule has 0 saturated carbocycles. The lowest BCUT2D eigenvalue weighted by Crippen LogP contribution is -1.88. The maximum absolute atomic E-state index is 10.1. The fraction of sp³-hybridized carbons (Fsp3) is 0.0588. The molecule has 7 heteroatoms. The average molecular weight is 512 g/mol. The van der Waals surface area contributed by atoms with Crippen LogP contribution in [0, 0.1) is 18.3 Å². The Labute approximate surface area is 163 Å². The first-order chi connectivity index (χ1) is 11.4. The largest absolute Gasteiger partial charge is 0.506 e. The van der Waals surface area contributed by atoms with Gasteiger partial charge in [-0.25, -0.2) is 4.98 Å². The molecule has 0 aliphatic rings. The summed E-state index contributed by atoms with van der Waals surface area (Å²) in [4.78, 5) is 7.64. The molecule has 120 valence electrons. The summed E-state index contributed by atoms with van der Waals surface area (Å²) >= 11 is 10.1. The molecule has 0 spiro atoms. The van der Waals surface area contributed by atoms with Crippen molar-refractivity contribution < 1.29 is 5.11 Å². The van der Waals surface area contributed by atoms with E-state index in [0.717, 1.165) is 21.1 Å². The van der Waals surface area contributed by atoms with Crippen LogP contribution in [0.3, 0.4) is 0 Å². The van der Waals surface area contributed by atoms with Crippen LogP contribution in [0.15, 0.2) is 37.7 Å². The van der Waals surface area contributed by atoms with Crippen LogP contribution in [0.5, 0.6) is 5.75 Å². The number of benzene rings is 2. The van der Waals surface area contributed by atoms with Crippen molar-refractivity contribution in [2.24, 2.45) is 0 Å². The van der Waals surface area contributed by atoms with E-state index in [1.54, 1.807) is 12.1 Å². The highest BCUT2D eigenvalue weighted by Crippen LogP contribution is 2.40. The molecule has 3 rings (SSSR count). The molecule has 3 aromatic rings. The van der Waals surface area contributed by atoms with Crippen molar-refractivity contribution in [3.8, 4) is 11.8 Å². The van der Waals surface area contributed by atoms with Crippen molar-refractivity contribution in [1.82, 2.24) is 9.97 Å².